The molecule has 0 spiro atoms. The fourth-order valence-electron chi connectivity index (χ4n) is 2.13. The van der Waals surface area contributed by atoms with Crippen LogP contribution in [-0.2, 0) is 11.2 Å². The molecule has 0 aliphatic carbocycles. The van der Waals surface area contributed by atoms with E-state index >= 15 is 0 Å². The van der Waals surface area contributed by atoms with Crippen LogP contribution in [0, 0.1) is 20.8 Å². The van der Waals surface area contributed by atoms with Gasteiger partial charge < -0.3 is 9.52 Å². The van der Waals surface area contributed by atoms with E-state index in [-0.39, 0.29) is 0 Å². The third kappa shape index (κ3) is 3.05. The minimum atomic E-state index is -0.822. The first kappa shape index (κ1) is 13.4. The minimum absolute atomic E-state index is 0.381. The molecular formula is C16H18O3. The Hall–Kier alpha value is -2.03. The molecule has 0 aliphatic rings. The summed E-state index contributed by atoms with van der Waals surface area (Å²) >= 11 is 0. The van der Waals surface area contributed by atoms with Gasteiger partial charge in [-0.25, -0.2) is 0 Å². The number of carboxylic acids is 1. The van der Waals surface area contributed by atoms with Gasteiger partial charge in [0.2, 0.25) is 0 Å². The molecule has 1 aromatic carbocycles. The first-order valence-corrected chi connectivity index (χ1v) is 6.32. The molecule has 3 heteroatoms. The Labute approximate surface area is 112 Å². The van der Waals surface area contributed by atoms with E-state index in [4.69, 9.17) is 4.42 Å². The van der Waals surface area contributed by atoms with E-state index in [2.05, 4.69) is 0 Å². The molecule has 0 aliphatic heterocycles. The van der Waals surface area contributed by atoms with Crippen molar-refractivity contribution >= 4 is 5.97 Å². The summed E-state index contributed by atoms with van der Waals surface area (Å²) < 4.78 is 5.48. The van der Waals surface area contributed by atoms with Gasteiger partial charge in [-0.3, -0.25) is 4.79 Å². The SMILES string of the molecule is Cc1ccc(CC(C(=O)O)c2ccc(C)c(C)c2)o1. The number of hydrogen-bond donors (Lipinski definition) is 1. The number of aryl methyl sites for hydroxylation is 3. The van der Waals surface area contributed by atoms with E-state index in [0.717, 1.165) is 16.9 Å². The molecule has 19 heavy (non-hydrogen) atoms. The molecule has 0 radical (unpaired) electrons. The summed E-state index contributed by atoms with van der Waals surface area (Å²) in [6.07, 6.45) is 0.381. The molecule has 100 valence electrons. The molecule has 0 fully saturated rings. The first-order valence-electron chi connectivity index (χ1n) is 6.32. The van der Waals surface area contributed by atoms with Gasteiger partial charge in [-0.1, -0.05) is 18.2 Å². The lowest BCUT2D eigenvalue weighted by Crippen LogP contribution is -2.14. The van der Waals surface area contributed by atoms with Crippen LogP contribution in [0.2, 0.25) is 0 Å². The predicted octanol–water partition coefficient (Wildman–Crippen LogP) is 3.62. The summed E-state index contributed by atoms with van der Waals surface area (Å²) in [5.41, 5.74) is 3.10. The highest BCUT2D eigenvalue weighted by atomic mass is 16.4. The van der Waals surface area contributed by atoms with Gasteiger partial charge in [0, 0.05) is 6.42 Å². The highest BCUT2D eigenvalue weighted by Gasteiger charge is 2.22. The number of carbonyl (C=O) groups is 1. The zero-order chi connectivity index (χ0) is 14.0. The van der Waals surface area contributed by atoms with Gasteiger partial charge in [0.25, 0.3) is 0 Å². The van der Waals surface area contributed by atoms with Crippen LogP contribution < -0.4 is 0 Å². The fourth-order valence-corrected chi connectivity index (χ4v) is 2.13. The van der Waals surface area contributed by atoms with Crippen LogP contribution in [0.5, 0.6) is 0 Å². The topological polar surface area (TPSA) is 50.4 Å². The van der Waals surface area contributed by atoms with Crippen LogP contribution in [0.4, 0.5) is 0 Å². The van der Waals surface area contributed by atoms with E-state index in [9.17, 15) is 9.90 Å². The number of rotatable bonds is 4. The molecule has 1 unspecified atom stereocenters. The second kappa shape index (κ2) is 5.31. The van der Waals surface area contributed by atoms with Crippen LogP contribution in [0.3, 0.4) is 0 Å². The standard InChI is InChI=1S/C16H18O3/c1-10-4-6-13(8-11(10)2)15(16(17)18)9-14-7-5-12(3)19-14/h4-8,15H,9H2,1-3H3,(H,17,18). The zero-order valence-electron chi connectivity index (χ0n) is 11.4. The average Bonchev–Trinajstić information content (AvgIpc) is 2.75. The molecule has 1 aromatic heterocycles. The van der Waals surface area contributed by atoms with Crippen LogP contribution in [0.25, 0.3) is 0 Å². The van der Waals surface area contributed by atoms with Crippen LogP contribution in [0.1, 0.15) is 34.1 Å². The largest absolute Gasteiger partial charge is 0.481 e. The summed E-state index contributed by atoms with van der Waals surface area (Å²) in [5.74, 6) is 0.129. The van der Waals surface area contributed by atoms with Gasteiger partial charge in [0.15, 0.2) is 0 Å². The van der Waals surface area contributed by atoms with E-state index in [1.54, 1.807) is 0 Å². The van der Waals surface area contributed by atoms with Crippen molar-refractivity contribution < 1.29 is 14.3 Å². The zero-order valence-corrected chi connectivity index (χ0v) is 11.4. The van der Waals surface area contributed by atoms with Crippen molar-refractivity contribution in [2.45, 2.75) is 33.1 Å². The van der Waals surface area contributed by atoms with Crippen molar-refractivity contribution in [3.63, 3.8) is 0 Å². The van der Waals surface area contributed by atoms with Crippen LogP contribution >= 0.6 is 0 Å². The molecular weight excluding hydrogens is 240 g/mol. The lowest BCUT2D eigenvalue weighted by Gasteiger charge is -2.13. The van der Waals surface area contributed by atoms with E-state index < -0.39 is 11.9 Å². The number of furan rings is 1. The second-order valence-corrected chi connectivity index (χ2v) is 4.95. The molecule has 0 amide bonds. The molecule has 2 aromatic rings. The third-order valence-electron chi connectivity index (χ3n) is 3.43. The van der Waals surface area contributed by atoms with Gasteiger partial charge in [-0.15, -0.1) is 0 Å². The average molecular weight is 258 g/mol. The lowest BCUT2D eigenvalue weighted by molar-refractivity contribution is -0.138. The molecule has 1 heterocycles. The van der Waals surface area contributed by atoms with Gasteiger partial charge in [-0.2, -0.15) is 0 Å². The summed E-state index contributed by atoms with van der Waals surface area (Å²) in [6, 6.07) is 9.50. The quantitative estimate of drug-likeness (QED) is 0.911. The van der Waals surface area contributed by atoms with Crippen molar-refractivity contribution in [2.24, 2.45) is 0 Å². The summed E-state index contributed by atoms with van der Waals surface area (Å²) in [7, 11) is 0. The van der Waals surface area contributed by atoms with Crippen molar-refractivity contribution in [1.29, 1.82) is 0 Å². The first-order chi connectivity index (χ1) is 8.97. The Morgan fingerprint density at radius 2 is 1.89 bits per heavy atom. The Morgan fingerprint density at radius 3 is 2.42 bits per heavy atom. The number of hydrogen-bond acceptors (Lipinski definition) is 2. The van der Waals surface area contributed by atoms with Crippen molar-refractivity contribution in [1.82, 2.24) is 0 Å². The van der Waals surface area contributed by atoms with E-state index in [0.29, 0.717) is 12.2 Å². The smallest absolute Gasteiger partial charge is 0.311 e. The molecule has 0 saturated heterocycles. The van der Waals surface area contributed by atoms with Crippen molar-refractivity contribution in [3.8, 4) is 0 Å². The number of aliphatic carboxylic acids is 1. The van der Waals surface area contributed by atoms with Gasteiger partial charge >= 0.3 is 5.97 Å². The Balaban J connectivity index is 2.29. The number of carboxylic acid groups (broad SMARTS) is 1. The Morgan fingerprint density at radius 1 is 1.16 bits per heavy atom. The maximum Gasteiger partial charge on any atom is 0.311 e. The summed E-state index contributed by atoms with van der Waals surface area (Å²) in [6.45, 7) is 5.87. The lowest BCUT2D eigenvalue weighted by atomic mass is 9.92. The van der Waals surface area contributed by atoms with Gasteiger partial charge in [0.05, 0.1) is 5.92 Å². The molecule has 1 N–H and O–H groups in total. The predicted molar refractivity (Wildman–Crippen MR) is 73.4 cm³/mol. The maximum atomic E-state index is 11.5. The minimum Gasteiger partial charge on any atom is -0.481 e. The van der Waals surface area contributed by atoms with Crippen LogP contribution in [-0.4, -0.2) is 11.1 Å². The molecule has 1 atom stereocenters. The van der Waals surface area contributed by atoms with Crippen molar-refractivity contribution in [3.05, 3.63) is 58.5 Å². The van der Waals surface area contributed by atoms with Crippen molar-refractivity contribution in [2.75, 3.05) is 0 Å². The highest BCUT2D eigenvalue weighted by Crippen LogP contribution is 2.24. The molecule has 2 rings (SSSR count). The Bertz CT molecular complexity index is 596. The van der Waals surface area contributed by atoms with E-state index in [1.807, 2.05) is 51.1 Å². The molecule has 3 nitrogen and oxygen atoms in total. The fraction of sp³-hybridized carbons (Fsp3) is 0.312. The Kier molecular flexibility index (Phi) is 3.74. The van der Waals surface area contributed by atoms with Gasteiger partial charge in [-0.05, 0) is 49.6 Å². The molecule has 0 bridgehead atoms. The second-order valence-electron chi connectivity index (χ2n) is 4.95. The highest BCUT2D eigenvalue weighted by molar-refractivity contribution is 5.76. The summed E-state index contributed by atoms with van der Waals surface area (Å²) in [4.78, 5) is 11.5. The number of benzene rings is 1. The maximum absolute atomic E-state index is 11.5. The summed E-state index contributed by atoms with van der Waals surface area (Å²) in [5, 5.41) is 9.41. The third-order valence-corrected chi connectivity index (χ3v) is 3.43. The monoisotopic (exact) mass is 258 g/mol. The van der Waals surface area contributed by atoms with E-state index in [1.165, 1.54) is 5.56 Å². The van der Waals surface area contributed by atoms with Gasteiger partial charge in [0.1, 0.15) is 11.5 Å². The normalized spacial score (nSPS) is 12.4. The molecule has 0 saturated carbocycles. The van der Waals surface area contributed by atoms with Crippen LogP contribution in [0.15, 0.2) is 34.7 Å².